The number of halogens is 2. The molecule has 2 aromatic carbocycles. The maximum atomic E-state index is 14.0. The lowest BCUT2D eigenvalue weighted by atomic mass is 10.1. The number of carbonyl (C=O) groups is 1. The van der Waals surface area contributed by atoms with Crippen LogP contribution in [0.2, 0.25) is 5.02 Å². The van der Waals surface area contributed by atoms with Crippen molar-refractivity contribution in [2.45, 2.75) is 18.0 Å². The van der Waals surface area contributed by atoms with Crippen molar-refractivity contribution in [1.82, 2.24) is 9.29 Å². The Hall–Kier alpha value is -2.61. The molecule has 0 saturated heterocycles. The summed E-state index contributed by atoms with van der Waals surface area (Å²) in [5.74, 6) is -2.17. The predicted octanol–water partition coefficient (Wildman–Crippen LogP) is 4.30. The summed E-state index contributed by atoms with van der Waals surface area (Å²) in [7, 11) is -1.56. The Bertz CT molecular complexity index is 1000. The molecule has 0 amide bonds. The number of carboxylic acids is 1. The number of aromatic carboxylic acids is 1. The first-order valence-corrected chi connectivity index (χ1v) is 9.76. The first-order chi connectivity index (χ1) is 13.4. The fourth-order valence-corrected chi connectivity index (χ4v) is 3.89. The first-order valence-electron chi connectivity index (χ1n) is 8.28. The molecule has 0 saturated carbocycles. The van der Waals surface area contributed by atoms with Gasteiger partial charge in [-0.3, -0.25) is 4.98 Å². The van der Waals surface area contributed by atoms with Gasteiger partial charge in [-0.05, 0) is 54.1 Å². The lowest BCUT2D eigenvalue weighted by Gasteiger charge is -2.21. The monoisotopic (exact) mass is 418 g/mol. The molecule has 3 rings (SSSR count). The highest BCUT2D eigenvalue weighted by molar-refractivity contribution is 7.82. The smallest absolute Gasteiger partial charge is 0.338 e. The Morgan fingerprint density at radius 3 is 2.46 bits per heavy atom. The fourth-order valence-electron chi connectivity index (χ4n) is 2.58. The third-order valence-electron chi connectivity index (χ3n) is 3.94. The lowest BCUT2D eigenvalue weighted by Crippen LogP contribution is -2.26. The standard InChI is InChI=1S/C20H16ClFN2O3S/c21-15-5-7-17(8-6-15)28(27)24(13-16-3-1-2-10-23-16)12-14-4-9-18(20(25)26)19(22)11-14/h1-11H,12-13H2,(H,25,26). The number of pyridine rings is 1. The van der Waals surface area contributed by atoms with Gasteiger partial charge in [-0.1, -0.05) is 23.7 Å². The van der Waals surface area contributed by atoms with E-state index in [-0.39, 0.29) is 13.1 Å². The average Bonchev–Trinajstić information content (AvgIpc) is 2.68. The lowest BCUT2D eigenvalue weighted by molar-refractivity contribution is 0.0692. The summed E-state index contributed by atoms with van der Waals surface area (Å²) in [6.07, 6.45) is 1.64. The topological polar surface area (TPSA) is 70.5 Å². The Morgan fingerprint density at radius 2 is 1.86 bits per heavy atom. The fraction of sp³-hybridized carbons (Fsp3) is 0.100. The minimum Gasteiger partial charge on any atom is -0.478 e. The van der Waals surface area contributed by atoms with Gasteiger partial charge < -0.3 is 5.11 Å². The first kappa shape index (κ1) is 20.1. The molecule has 0 aliphatic heterocycles. The van der Waals surface area contributed by atoms with Crippen molar-refractivity contribution < 1.29 is 18.5 Å². The predicted molar refractivity (Wildman–Crippen MR) is 105 cm³/mol. The maximum absolute atomic E-state index is 14.0. The highest BCUT2D eigenvalue weighted by atomic mass is 35.5. The summed E-state index contributed by atoms with van der Waals surface area (Å²) in [4.78, 5) is 15.8. The summed E-state index contributed by atoms with van der Waals surface area (Å²) in [6, 6.07) is 15.9. The molecule has 0 spiro atoms. The molecule has 0 radical (unpaired) electrons. The van der Waals surface area contributed by atoms with Gasteiger partial charge in [-0.2, -0.15) is 0 Å². The van der Waals surface area contributed by atoms with Crippen molar-refractivity contribution in [3.8, 4) is 0 Å². The second-order valence-electron chi connectivity index (χ2n) is 5.94. The highest BCUT2D eigenvalue weighted by Gasteiger charge is 2.19. The van der Waals surface area contributed by atoms with Crippen LogP contribution < -0.4 is 0 Å². The number of hydrogen-bond donors (Lipinski definition) is 1. The molecule has 1 unspecified atom stereocenters. The molecule has 3 aromatic rings. The number of benzene rings is 2. The SMILES string of the molecule is O=C(O)c1ccc(CN(Cc2ccccn2)S(=O)c2ccc(Cl)cc2)cc1F. The van der Waals surface area contributed by atoms with Gasteiger partial charge in [0.1, 0.15) is 16.8 Å². The molecule has 1 N–H and O–H groups in total. The van der Waals surface area contributed by atoms with Gasteiger partial charge in [0.15, 0.2) is 0 Å². The zero-order chi connectivity index (χ0) is 20.1. The van der Waals surface area contributed by atoms with E-state index in [0.29, 0.717) is 21.2 Å². The Kier molecular flexibility index (Phi) is 6.51. The quantitative estimate of drug-likeness (QED) is 0.621. The van der Waals surface area contributed by atoms with Gasteiger partial charge in [0.25, 0.3) is 0 Å². The van der Waals surface area contributed by atoms with Crippen molar-refractivity contribution in [2.24, 2.45) is 0 Å². The van der Waals surface area contributed by atoms with E-state index in [1.807, 2.05) is 6.07 Å². The van der Waals surface area contributed by atoms with Gasteiger partial charge >= 0.3 is 5.97 Å². The van der Waals surface area contributed by atoms with Crippen LogP contribution in [0.1, 0.15) is 21.6 Å². The van der Waals surface area contributed by atoms with Gasteiger partial charge in [0.05, 0.1) is 22.7 Å². The van der Waals surface area contributed by atoms with E-state index in [1.54, 1.807) is 46.9 Å². The number of carboxylic acid groups (broad SMARTS) is 1. The minimum atomic E-state index is -1.56. The zero-order valence-corrected chi connectivity index (χ0v) is 16.2. The summed E-state index contributed by atoms with van der Waals surface area (Å²) in [6.45, 7) is 0.404. The van der Waals surface area contributed by atoms with Crippen molar-refractivity contribution in [2.75, 3.05) is 0 Å². The summed E-state index contributed by atoms with van der Waals surface area (Å²) >= 11 is 5.90. The van der Waals surface area contributed by atoms with Crippen molar-refractivity contribution in [1.29, 1.82) is 0 Å². The molecule has 0 fully saturated rings. The maximum Gasteiger partial charge on any atom is 0.338 e. The molecule has 1 atom stereocenters. The van der Waals surface area contributed by atoms with Crippen LogP contribution in [0, 0.1) is 5.82 Å². The van der Waals surface area contributed by atoms with Crippen LogP contribution in [-0.2, 0) is 24.1 Å². The number of aromatic nitrogens is 1. The van der Waals surface area contributed by atoms with Gasteiger partial charge in [0.2, 0.25) is 0 Å². The number of rotatable bonds is 7. The van der Waals surface area contributed by atoms with Crippen LogP contribution >= 0.6 is 11.6 Å². The third-order valence-corrected chi connectivity index (χ3v) is 5.59. The highest BCUT2D eigenvalue weighted by Crippen LogP contribution is 2.20. The second kappa shape index (κ2) is 9.05. The van der Waals surface area contributed by atoms with E-state index in [9.17, 15) is 13.4 Å². The van der Waals surface area contributed by atoms with Crippen LogP contribution in [0.5, 0.6) is 0 Å². The molecular weight excluding hydrogens is 403 g/mol. The van der Waals surface area contributed by atoms with Gasteiger partial charge in [-0.15, -0.1) is 0 Å². The third kappa shape index (κ3) is 5.01. The second-order valence-corrected chi connectivity index (χ2v) is 7.86. The van der Waals surface area contributed by atoms with E-state index in [1.165, 1.54) is 12.1 Å². The summed E-state index contributed by atoms with van der Waals surface area (Å²) in [5, 5.41) is 9.51. The van der Waals surface area contributed by atoms with E-state index in [4.69, 9.17) is 16.7 Å². The summed E-state index contributed by atoms with van der Waals surface area (Å²) in [5.41, 5.74) is 0.798. The van der Waals surface area contributed by atoms with Crippen molar-refractivity contribution in [3.63, 3.8) is 0 Å². The average molecular weight is 419 g/mol. The molecule has 0 bridgehead atoms. The van der Waals surface area contributed by atoms with E-state index >= 15 is 0 Å². The van der Waals surface area contributed by atoms with Crippen LogP contribution in [-0.4, -0.2) is 24.6 Å². The van der Waals surface area contributed by atoms with Crippen LogP contribution in [0.4, 0.5) is 4.39 Å². The van der Waals surface area contributed by atoms with Gasteiger partial charge in [0, 0.05) is 17.8 Å². The molecule has 8 heteroatoms. The molecule has 144 valence electrons. The number of hydrogen-bond acceptors (Lipinski definition) is 3. The van der Waals surface area contributed by atoms with E-state index < -0.39 is 28.3 Å². The molecule has 0 aliphatic carbocycles. The Balaban J connectivity index is 1.89. The molecule has 0 aliphatic rings. The van der Waals surface area contributed by atoms with Crippen LogP contribution in [0.3, 0.4) is 0 Å². The van der Waals surface area contributed by atoms with Gasteiger partial charge in [-0.25, -0.2) is 17.7 Å². The summed E-state index contributed by atoms with van der Waals surface area (Å²) < 4.78 is 28.8. The molecule has 28 heavy (non-hydrogen) atoms. The van der Waals surface area contributed by atoms with Crippen LogP contribution in [0.25, 0.3) is 0 Å². The van der Waals surface area contributed by atoms with Crippen LogP contribution in [0.15, 0.2) is 71.8 Å². The molecule has 1 heterocycles. The Labute approximate surface area is 169 Å². The zero-order valence-electron chi connectivity index (χ0n) is 14.6. The molecular formula is C20H16ClFN2O3S. The Morgan fingerprint density at radius 1 is 1.11 bits per heavy atom. The van der Waals surface area contributed by atoms with E-state index in [0.717, 1.165) is 6.07 Å². The largest absolute Gasteiger partial charge is 0.478 e. The van der Waals surface area contributed by atoms with Crippen molar-refractivity contribution in [3.05, 3.63) is 94.5 Å². The number of nitrogens with zero attached hydrogens (tertiary/aromatic N) is 2. The van der Waals surface area contributed by atoms with E-state index in [2.05, 4.69) is 4.98 Å². The molecule has 1 aromatic heterocycles. The molecule has 5 nitrogen and oxygen atoms in total. The normalized spacial score (nSPS) is 12.1. The van der Waals surface area contributed by atoms with Crippen molar-refractivity contribution >= 4 is 28.6 Å². The minimum absolute atomic E-state index is 0.141.